The van der Waals surface area contributed by atoms with Gasteiger partial charge in [-0.05, 0) is 19.9 Å². The molecule has 2 N–H and O–H groups in total. The van der Waals surface area contributed by atoms with Gasteiger partial charge in [-0.2, -0.15) is 0 Å². The number of anilines is 1. The van der Waals surface area contributed by atoms with Crippen LogP contribution in [0.5, 0.6) is 0 Å². The normalized spacial score (nSPS) is 17.5. The molecule has 15 heavy (non-hydrogen) atoms. The Morgan fingerprint density at radius 1 is 1.33 bits per heavy atom. The molecule has 0 aliphatic heterocycles. The van der Waals surface area contributed by atoms with Crippen LogP contribution in [0, 0.1) is 0 Å². The smallest absolute Gasteiger partial charge is 0.141 e. The molecule has 0 amide bonds. The van der Waals surface area contributed by atoms with E-state index in [-0.39, 0.29) is 0 Å². The summed E-state index contributed by atoms with van der Waals surface area (Å²) in [6.45, 7) is 0.873. The maximum absolute atomic E-state index is 5.49. The number of hydrogen-bond donors (Lipinski definition) is 1. The van der Waals surface area contributed by atoms with Crippen LogP contribution in [0.4, 0.5) is 5.82 Å². The number of nitrogen functional groups attached to an aromatic ring is 1. The summed E-state index contributed by atoms with van der Waals surface area (Å²) < 4.78 is 0. The highest BCUT2D eigenvalue weighted by Crippen LogP contribution is 2.23. The maximum Gasteiger partial charge on any atom is 0.141 e. The summed E-state index contributed by atoms with van der Waals surface area (Å²) in [6, 6.07) is 0.726. The standard InChI is InChI=1S/C11H18N4/c1-15(10-4-2-3-5-10)8-9-6-14-11(12)7-13-9/h6-7,10H,2-5,8H2,1H3,(H2,12,14). The first-order valence-corrected chi connectivity index (χ1v) is 5.52. The number of nitrogens with two attached hydrogens (primary N) is 1. The molecule has 1 aliphatic carbocycles. The van der Waals surface area contributed by atoms with Gasteiger partial charge in [-0.15, -0.1) is 0 Å². The first-order chi connectivity index (χ1) is 7.25. The fourth-order valence-electron chi connectivity index (χ4n) is 2.18. The van der Waals surface area contributed by atoms with Crippen molar-refractivity contribution < 1.29 is 0 Å². The first-order valence-electron chi connectivity index (χ1n) is 5.52. The van der Waals surface area contributed by atoms with E-state index in [0.29, 0.717) is 5.82 Å². The van der Waals surface area contributed by atoms with E-state index >= 15 is 0 Å². The molecule has 1 fully saturated rings. The van der Waals surface area contributed by atoms with E-state index < -0.39 is 0 Å². The topological polar surface area (TPSA) is 55.0 Å². The zero-order valence-electron chi connectivity index (χ0n) is 9.19. The molecule has 0 saturated heterocycles. The minimum Gasteiger partial charge on any atom is -0.382 e. The van der Waals surface area contributed by atoms with Gasteiger partial charge in [-0.1, -0.05) is 12.8 Å². The maximum atomic E-state index is 5.49. The van der Waals surface area contributed by atoms with Crippen molar-refractivity contribution in [3.63, 3.8) is 0 Å². The van der Waals surface area contributed by atoms with Crippen molar-refractivity contribution in [2.45, 2.75) is 38.3 Å². The quantitative estimate of drug-likeness (QED) is 0.813. The van der Waals surface area contributed by atoms with Gasteiger partial charge in [0.15, 0.2) is 0 Å². The third kappa shape index (κ3) is 2.65. The monoisotopic (exact) mass is 206 g/mol. The largest absolute Gasteiger partial charge is 0.382 e. The summed E-state index contributed by atoms with van der Waals surface area (Å²) in [5.41, 5.74) is 6.49. The minimum atomic E-state index is 0.488. The predicted octanol–water partition coefficient (Wildman–Crippen LogP) is 1.43. The van der Waals surface area contributed by atoms with E-state index in [0.717, 1.165) is 18.3 Å². The zero-order valence-corrected chi connectivity index (χ0v) is 9.19. The molecule has 0 unspecified atom stereocenters. The zero-order chi connectivity index (χ0) is 10.7. The Bertz CT molecular complexity index is 303. The number of rotatable bonds is 3. The van der Waals surface area contributed by atoms with E-state index in [1.54, 1.807) is 12.4 Å². The van der Waals surface area contributed by atoms with E-state index in [1.807, 2.05) is 0 Å². The van der Waals surface area contributed by atoms with Crippen molar-refractivity contribution in [1.29, 1.82) is 0 Å². The van der Waals surface area contributed by atoms with Crippen molar-refractivity contribution in [3.8, 4) is 0 Å². The fourth-order valence-corrected chi connectivity index (χ4v) is 2.18. The van der Waals surface area contributed by atoms with Gasteiger partial charge in [-0.3, -0.25) is 9.88 Å². The van der Waals surface area contributed by atoms with Gasteiger partial charge in [0.05, 0.1) is 18.1 Å². The van der Waals surface area contributed by atoms with Crippen molar-refractivity contribution in [2.75, 3.05) is 12.8 Å². The highest BCUT2D eigenvalue weighted by atomic mass is 15.1. The Kier molecular flexibility index (Phi) is 3.16. The van der Waals surface area contributed by atoms with E-state index in [4.69, 9.17) is 5.73 Å². The number of aromatic nitrogens is 2. The fraction of sp³-hybridized carbons (Fsp3) is 0.636. The Morgan fingerprint density at radius 2 is 2.07 bits per heavy atom. The Morgan fingerprint density at radius 3 is 2.67 bits per heavy atom. The summed E-state index contributed by atoms with van der Waals surface area (Å²) in [4.78, 5) is 10.7. The molecule has 4 nitrogen and oxygen atoms in total. The second-order valence-electron chi connectivity index (χ2n) is 4.29. The van der Waals surface area contributed by atoms with Crippen LogP contribution >= 0.6 is 0 Å². The molecule has 0 atom stereocenters. The molecular weight excluding hydrogens is 188 g/mol. The molecule has 4 heteroatoms. The molecule has 0 spiro atoms. The molecule has 0 radical (unpaired) electrons. The van der Waals surface area contributed by atoms with Crippen LogP contribution in [-0.2, 0) is 6.54 Å². The summed E-state index contributed by atoms with van der Waals surface area (Å²) in [6.07, 6.45) is 8.75. The van der Waals surface area contributed by atoms with Crippen LogP contribution in [0.25, 0.3) is 0 Å². The average molecular weight is 206 g/mol. The second kappa shape index (κ2) is 4.57. The lowest BCUT2D eigenvalue weighted by Crippen LogP contribution is -2.28. The van der Waals surface area contributed by atoms with Gasteiger partial charge in [-0.25, -0.2) is 4.98 Å². The number of nitrogens with zero attached hydrogens (tertiary/aromatic N) is 3. The highest BCUT2D eigenvalue weighted by Gasteiger charge is 2.19. The molecule has 82 valence electrons. The van der Waals surface area contributed by atoms with Gasteiger partial charge < -0.3 is 5.73 Å². The van der Waals surface area contributed by atoms with Gasteiger partial charge in [0.25, 0.3) is 0 Å². The van der Waals surface area contributed by atoms with E-state index in [2.05, 4.69) is 21.9 Å². The van der Waals surface area contributed by atoms with Crippen LogP contribution in [0.3, 0.4) is 0 Å². The first kappa shape index (κ1) is 10.4. The van der Waals surface area contributed by atoms with Crippen molar-refractivity contribution in [2.24, 2.45) is 0 Å². The van der Waals surface area contributed by atoms with Gasteiger partial charge >= 0.3 is 0 Å². The van der Waals surface area contributed by atoms with Crippen LogP contribution in [-0.4, -0.2) is 28.0 Å². The van der Waals surface area contributed by atoms with E-state index in [1.165, 1.54) is 25.7 Å². The second-order valence-corrected chi connectivity index (χ2v) is 4.29. The van der Waals surface area contributed by atoms with Gasteiger partial charge in [0, 0.05) is 12.6 Å². The van der Waals surface area contributed by atoms with Crippen molar-refractivity contribution >= 4 is 5.82 Å². The van der Waals surface area contributed by atoms with Gasteiger partial charge in [0.1, 0.15) is 5.82 Å². The molecule has 1 saturated carbocycles. The molecule has 0 aromatic carbocycles. The SMILES string of the molecule is CN(Cc1cnc(N)cn1)C1CCCC1. The van der Waals surface area contributed by atoms with Crippen LogP contribution in [0.1, 0.15) is 31.4 Å². The predicted molar refractivity (Wildman–Crippen MR) is 60.2 cm³/mol. The van der Waals surface area contributed by atoms with Crippen LogP contribution in [0.15, 0.2) is 12.4 Å². The lowest BCUT2D eigenvalue weighted by Gasteiger charge is -2.23. The lowest BCUT2D eigenvalue weighted by molar-refractivity contribution is 0.234. The molecular formula is C11H18N4. The highest BCUT2D eigenvalue weighted by molar-refractivity contribution is 5.22. The Balaban J connectivity index is 1.92. The van der Waals surface area contributed by atoms with Gasteiger partial charge in [0.2, 0.25) is 0 Å². The minimum absolute atomic E-state index is 0.488. The Hall–Kier alpha value is -1.16. The molecule has 1 aliphatic rings. The summed E-state index contributed by atoms with van der Waals surface area (Å²) in [7, 11) is 2.16. The molecule has 0 bridgehead atoms. The molecule has 1 aromatic rings. The lowest BCUT2D eigenvalue weighted by atomic mass is 10.2. The van der Waals surface area contributed by atoms with E-state index in [9.17, 15) is 0 Å². The summed E-state index contributed by atoms with van der Waals surface area (Å²) >= 11 is 0. The van der Waals surface area contributed by atoms with Crippen LogP contribution < -0.4 is 5.73 Å². The van der Waals surface area contributed by atoms with Crippen molar-refractivity contribution in [1.82, 2.24) is 14.9 Å². The third-order valence-electron chi connectivity index (χ3n) is 3.08. The van der Waals surface area contributed by atoms with Crippen LogP contribution in [0.2, 0.25) is 0 Å². The Labute approximate surface area is 90.5 Å². The summed E-state index contributed by atoms with van der Waals surface area (Å²) in [5.74, 6) is 0.488. The number of hydrogen-bond acceptors (Lipinski definition) is 4. The third-order valence-corrected chi connectivity index (χ3v) is 3.08. The molecule has 1 aromatic heterocycles. The average Bonchev–Trinajstić information content (AvgIpc) is 2.74. The van der Waals surface area contributed by atoms with Crippen molar-refractivity contribution in [3.05, 3.63) is 18.1 Å². The molecule has 1 heterocycles. The summed E-state index contributed by atoms with van der Waals surface area (Å²) in [5, 5.41) is 0. The molecule has 2 rings (SSSR count).